The minimum Gasteiger partial charge on any atom is -0.298 e. The molecule has 0 N–H and O–H groups in total. The van der Waals surface area contributed by atoms with E-state index in [1.54, 1.807) is 6.92 Å². The van der Waals surface area contributed by atoms with Crippen LogP contribution in [0.4, 0.5) is 13.2 Å². The van der Waals surface area contributed by atoms with Crippen molar-refractivity contribution < 1.29 is 18.0 Å². The molecule has 0 heterocycles. The van der Waals surface area contributed by atoms with Crippen molar-refractivity contribution >= 4 is 21.7 Å². The van der Waals surface area contributed by atoms with Crippen molar-refractivity contribution in [3.63, 3.8) is 0 Å². The van der Waals surface area contributed by atoms with Crippen LogP contribution in [0.15, 0.2) is 18.2 Å². The van der Waals surface area contributed by atoms with Gasteiger partial charge in [-0.3, -0.25) is 4.79 Å². The summed E-state index contributed by atoms with van der Waals surface area (Å²) in [5, 5.41) is 0. The fourth-order valence-electron chi connectivity index (χ4n) is 1.58. The number of alkyl halides is 4. The van der Waals surface area contributed by atoms with Crippen molar-refractivity contribution in [3.05, 3.63) is 34.9 Å². The largest absolute Gasteiger partial charge is 0.416 e. The third kappa shape index (κ3) is 3.31. The van der Waals surface area contributed by atoms with Crippen LogP contribution in [0.1, 0.15) is 35.4 Å². The number of hydrogen-bond donors (Lipinski definition) is 0. The van der Waals surface area contributed by atoms with Crippen LogP contribution in [0.25, 0.3) is 0 Å². The number of halogens is 4. The molecule has 0 aliphatic carbocycles. The fraction of sp³-hybridized carbons (Fsp3) is 0.417. The van der Waals surface area contributed by atoms with Gasteiger partial charge in [0, 0.05) is 0 Å². The summed E-state index contributed by atoms with van der Waals surface area (Å²) in [6.45, 7) is 3.05. The Bertz CT molecular complexity index is 426. The lowest BCUT2D eigenvalue weighted by Gasteiger charge is -2.14. The normalized spacial score (nSPS) is 13.5. The molecule has 0 fully saturated rings. The molecule has 1 rings (SSSR count). The zero-order chi connectivity index (χ0) is 13.2. The Balaban J connectivity index is 3.22. The molecule has 0 radical (unpaired) electrons. The van der Waals surface area contributed by atoms with Gasteiger partial charge in [0.15, 0.2) is 0 Å². The number of benzene rings is 1. The number of hydrogen-bond acceptors (Lipinski definition) is 1. The van der Waals surface area contributed by atoms with Crippen molar-refractivity contribution in [2.24, 2.45) is 0 Å². The van der Waals surface area contributed by atoms with Gasteiger partial charge in [-0.15, -0.1) is 0 Å². The smallest absolute Gasteiger partial charge is 0.298 e. The summed E-state index contributed by atoms with van der Waals surface area (Å²) in [5.41, 5.74) is 0.134. The minimum atomic E-state index is -4.35. The van der Waals surface area contributed by atoms with E-state index in [4.69, 9.17) is 0 Å². The maximum Gasteiger partial charge on any atom is 0.416 e. The molecule has 1 aromatic carbocycles. The number of carbonyl (C=O) groups excluding carboxylic acids is 1. The highest BCUT2D eigenvalue weighted by Crippen LogP contribution is 2.34. The molecule has 0 saturated carbocycles. The molecule has 5 heteroatoms. The predicted octanol–water partition coefficient (Wildman–Crippen LogP) is 4.29. The molecule has 0 amide bonds. The van der Waals surface area contributed by atoms with Crippen LogP contribution in [0.5, 0.6) is 0 Å². The minimum absolute atomic E-state index is 0.133. The molecular formula is C12H12BrF3O. The van der Waals surface area contributed by atoms with Crippen molar-refractivity contribution in [2.75, 3.05) is 0 Å². The Morgan fingerprint density at radius 3 is 2.41 bits per heavy atom. The van der Waals surface area contributed by atoms with Gasteiger partial charge in [0.25, 0.3) is 0 Å². The summed E-state index contributed by atoms with van der Waals surface area (Å²) in [7, 11) is 0. The quantitative estimate of drug-likeness (QED) is 0.761. The highest BCUT2D eigenvalue weighted by molar-refractivity contribution is 9.09. The van der Waals surface area contributed by atoms with E-state index in [2.05, 4.69) is 15.9 Å². The fourth-order valence-corrected chi connectivity index (χ4v) is 1.86. The first-order valence-corrected chi connectivity index (χ1v) is 6.03. The number of carbonyl (C=O) groups is 1. The Hall–Kier alpha value is -0.840. The van der Waals surface area contributed by atoms with Gasteiger partial charge in [-0.2, -0.15) is 13.2 Å². The summed E-state index contributed by atoms with van der Waals surface area (Å²) in [6.07, 6.45) is -4.07. The van der Waals surface area contributed by atoms with Crippen LogP contribution >= 0.6 is 15.9 Å². The van der Waals surface area contributed by atoms with Crippen LogP contribution in [-0.2, 0) is 17.4 Å². The number of Topliss-reactive ketones (excluding diaryl/α,β-unsaturated/α-hetero) is 1. The van der Waals surface area contributed by atoms with E-state index >= 15 is 0 Å². The van der Waals surface area contributed by atoms with Crippen LogP contribution in [0, 0.1) is 0 Å². The molecule has 0 saturated heterocycles. The molecule has 0 aliphatic heterocycles. The van der Waals surface area contributed by atoms with Crippen LogP contribution in [0.3, 0.4) is 0 Å². The van der Waals surface area contributed by atoms with Crippen molar-refractivity contribution in [3.8, 4) is 0 Å². The zero-order valence-electron chi connectivity index (χ0n) is 9.44. The third-order valence-corrected chi connectivity index (χ3v) is 3.64. The average molecular weight is 309 g/mol. The Morgan fingerprint density at radius 1 is 1.41 bits per heavy atom. The van der Waals surface area contributed by atoms with E-state index in [1.165, 1.54) is 19.1 Å². The summed E-state index contributed by atoms with van der Waals surface area (Å²) in [4.78, 5) is 10.6. The second kappa shape index (κ2) is 5.21. The lowest BCUT2D eigenvalue weighted by atomic mass is 9.99. The number of rotatable bonds is 3. The van der Waals surface area contributed by atoms with Crippen molar-refractivity contribution in [1.82, 2.24) is 0 Å². The Kier molecular flexibility index (Phi) is 4.36. The molecule has 0 bridgehead atoms. The van der Waals surface area contributed by atoms with Gasteiger partial charge in [-0.1, -0.05) is 35.0 Å². The lowest BCUT2D eigenvalue weighted by molar-refractivity contribution is -0.138. The molecule has 1 atom stereocenters. The number of ketones is 1. The SMILES string of the molecule is CCc1cc(C(Br)C(C)=O)ccc1C(F)(F)F. The maximum atomic E-state index is 12.6. The molecule has 0 aliphatic rings. The first kappa shape index (κ1) is 14.2. The summed E-state index contributed by atoms with van der Waals surface area (Å²) in [6, 6.07) is 3.80. The van der Waals surface area contributed by atoms with Gasteiger partial charge < -0.3 is 0 Å². The summed E-state index contributed by atoms with van der Waals surface area (Å²) in [5.74, 6) is -0.133. The van der Waals surface area contributed by atoms with Crippen molar-refractivity contribution in [2.45, 2.75) is 31.3 Å². The van der Waals surface area contributed by atoms with E-state index in [0.29, 0.717) is 5.56 Å². The molecule has 17 heavy (non-hydrogen) atoms. The zero-order valence-corrected chi connectivity index (χ0v) is 11.0. The number of aryl methyl sites for hydroxylation is 1. The van der Waals surface area contributed by atoms with E-state index in [9.17, 15) is 18.0 Å². The third-order valence-electron chi connectivity index (χ3n) is 2.47. The van der Waals surface area contributed by atoms with Crippen molar-refractivity contribution in [1.29, 1.82) is 0 Å². The van der Waals surface area contributed by atoms with Gasteiger partial charge in [-0.05, 0) is 30.5 Å². The first-order chi connectivity index (χ1) is 7.77. The Morgan fingerprint density at radius 2 is 2.00 bits per heavy atom. The molecule has 1 nitrogen and oxygen atoms in total. The van der Waals surface area contributed by atoms with Crippen LogP contribution in [-0.4, -0.2) is 5.78 Å². The monoisotopic (exact) mass is 308 g/mol. The first-order valence-electron chi connectivity index (χ1n) is 5.12. The maximum absolute atomic E-state index is 12.6. The second-order valence-electron chi connectivity index (χ2n) is 3.74. The van der Waals surface area contributed by atoms with Gasteiger partial charge in [0.05, 0.1) is 10.4 Å². The van der Waals surface area contributed by atoms with E-state index in [0.717, 1.165) is 6.07 Å². The summed E-state index contributed by atoms with van der Waals surface area (Å²) < 4.78 is 37.9. The van der Waals surface area contributed by atoms with E-state index in [1.807, 2.05) is 0 Å². The van der Waals surface area contributed by atoms with Gasteiger partial charge in [-0.25, -0.2) is 0 Å². The highest BCUT2D eigenvalue weighted by atomic mass is 79.9. The Labute approximate surface area is 106 Å². The molecule has 0 aromatic heterocycles. The molecule has 94 valence electrons. The van der Waals surface area contributed by atoms with E-state index in [-0.39, 0.29) is 17.8 Å². The average Bonchev–Trinajstić information content (AvgIpc) is 2.25. The van der Waals surface area contributed by atoms with Gasteiger partial charge in [0.1, 0.15) is 5.78 Å². The van der Waals surface area contributed by atoms with Crippen LogP contribution in [0.2, 0.25) is 0 Å². The topological polar surface area (TPSA) is 17.1 Å². The predicted molar refractivity (Wildman–Crippen MR) is 63.2 cm³/mol. The van der Waals surface area contributed by atoms with Gasteiger partial charge >= 0.3 is 6.18 Å². The van der Waals surface area contributed by atoms with Gasteiger partial charge in [0.2, 0.25) is 0 Å². The molecule has 1 unspecified atom stereocenters. The molecule has 0 spiro atoms. The highest BCUT2D eigenvalue weighted by Gasteiger charge is 2.33. The lowest BCUT2D eigenvalue weighted by Crippen LogP contribution is -2.10. The second-order valence-corrected chi connectivity index (χ2v) is 4.66. The van der Waals surface area contributed by atoms with Crippen LogP contribution < -0.4 is 0 Å². The molecular weight excluding hydrogens is 297 g/mol. The van der Waals surface area contributed by atoms with E-state index < -0.39 is 16.6 Å². The summed E-state index contributed by atoms with van der Waals surface area (Å²) >= 11 is 3.16. The molecule has 1 aromatic rings. The standard InChI is InChI=1S/C12H12BrF3O/c1-3-8-6-9(11(13)7(2)17)4-5-10(8)12(14,15)16/h4-6,11H,3H2,1-2H3.